The first-order chi connectivity index (χ1) is 4.74. The van der Waals surface area contributed by atoms with E-state index < -0.39 is 6.04 Å². The Morgan fingerprint density at radius 2 is 2.30 bits per heavy atom. The van der Waals surface area contributed by atoms with Gasteiger partial charge >= 0.3 is 5.97 Å². The zero-order valence-corrected chi connectivity index (χ0v) is 6.16. The van der Waals surface area contributed by atoms with Gasteiger partial charge in [-0.2, -0.15) is 4.91 Å². The predicted octanol–water partition coefficient (Wildman–Crippen LogP) is 1.09. The lowest BCUT2D eigenvalue weighted by atomic mass is 10.2. The van der Waals surface area contributed by atoms with Gasteiger partial charge in [-0.1, -0.05) is 12.1 Å². The molecule has 0 aliphatic heterocycles. The van der Waals surface area contributed by atoms with Crippen molar-refractivity contribution in [1.29, 1.82) is 0 Å². The number of rotatable bonds is 4. The summed E-state index contributed by atoms with van der Waals surface area (Å²) in [5.74, 6) is -0.383. The van der Waals surface area contributed by atoms with Gasteiger partial charge in [-0.25, -0.2) is 0 Å². The summed E-state index contributed by atoms with van der Waals surface area (Å²) in [6, 6.07) is -0.424. The summed E-state index contributed by atoms with van der Waals surface area (Å²) >= 11 is 0. The van der Waals surface area contributed by atoms with E-state index in [4.69, 9.17) is 0 Å². The molecular weight excluding hydrogens is 134 g/mol. The summed E-state index contributed by atoms with van der Waals surface area (Å²) in [5, 5.41) is 2.74. The molecule has 0 fully saturated rings. The molecule has 0 saturated heterocycles. The molecule has 0 N–H and O–H groups in total. The van der Waals surface area contributed by atoms with Crippen LogP contribution in [0.4, 0.5) is 0 Å². The van der Waals surface area contributed by atoms with Crippen LogP contribution in [0.3, 0.4) is 0 Å². The Balaban J connectivity index is 3.62. The van der Waals surface area contributed by atoms with Gasteiger partial charge < -0.3 is 4.74 Å². The Morgan fingerprint density at radius 1 is 1.70 bits per heavy atom. The zero-order chi connectivity index (χ0) is 7.98. The van der Waals surface area contributed by atoms with Crippen molar-refractivity contribution >= 4 is 5.97 Å². The van der Waals surface area contributed by atoms with Crippen LogP contribution in [0.15, 0.2) is 5.18 Å². The molecule has 0 bridgehead atoms. The maximum atomic E-state index is 10.5. The average molecular weight is 145 g/mol. The van der Waals surface area contributed by atoms with Gasteiger partial charge in [-0.05, 0) is 6.42 Å². The van der Waals surface area contributed by atoms with Crippen LogP contribution in [0.5, 0.6) is 0 Å². The van der Waals surface area contributed by atoms with E-state index in [1.807, 2.05) is 0 Å². The second-order valence-electron chi connectivity index (χ2n) is 1.95. The van der Waals surface area contributed by atoms with Crippen molar-refractivity contribution in [2.45, 2.75) is 25.8 Å². The quantitative estimate of drug-likeness (QED) is 0.439. The van der Waals surface area contributed by atoms with E-state index in [9.17, 15) is 9.70 Å². The zero-order valence-electron chi connectivity index (χ0n) is 6.16. The van der Waals surface area contributed by atoms with Gasteiger partial charge in [-0.15, -0.1) is 0 Å². The minimum absolute atomic E-state index is 0.0938. The monoisotopic (exact) mass is 145 g/mol. The summed E-state index contributed by atoms with van der Waals surface area (Å²) in [5.41, 5.74) is 0. The summed E-state index contributed by atoms with van der Waals surface area (Å²) in [6.07, 6.45) is 0.676. The van der Waals surface area contributed by atoms with Crippen molar-refractivity contribution in [3.8, 4) is 0 Å². The maximum Gasteiger partial charge on any atom is 0.307 e. The fraction of sp³-hybridized carbons (Fsp3) is 0.833. The lowest BCUT2D eigenvalue weighted by Crippen LogP contribution is -2.11. The number of carbonyl (C=O) groups is 1. The Kier molecular flexibility index (Phi) is 4.45. The molecule has 0 saturated carbocycles. The molecule has 0 spiro atoms. The molecule has 4 heteroatoms. The molecule has 0 aromatic carbocycles. The SMILES string of the molecule is CCC(CC(=O)OC)N=O. The molecule has 0 amide bonds. The van der Waals surface area contributed by atoms with Gasteiger partial charge in [0.25, 0.3) is 0 Å². The molecule has 4 nitrogen and oxygen atoms in total. The molecule has 0 rings (SSSR count). The number of ether oxygens (including phenoxy) is 1. The van der Waals surface area contributed by atoms with E-state index in [0.29, 0.717) is 6.42 Å². The van der Waals surface area contributed by atoms with E-state index in [1.54, 1.807) is 6.92 Å². The van der Waals surface area contributed by atoms with E-state index in [-0.39, 0.29) is 12.4 Å². The van der Waals surface area contributed by atoms with Crippen molar-refractivity contribution in [2.75, 3.05) is 7.11 Å². The van der Waals surface area contributed by atoms with Gasteiger partial charge in [0.05, 0.1) is 13.5 Å². The topological polar surface area (TPSA) is 55.7 Å². The molecule has 0 aromatic rings. The fourth-order valence-corrected chi connectivity index (χ4v) is 0.532. The summed E-state index contributed by atoms with van der Waals surface area (Å²) in [7, 11) is 1.29. The number of methoxy groups -OCH3 is 1. The van der Waals surface area contributed by atoms with E-state index >= 15 is 0 Å². The third-order valence-electron chi connectivity index (χ3n) is 1.25. The van der Waals surface area contributed by atoms with E-state index in [2.05, 4.69) is 9.91 Å². The lowest BCUT2D eigenvalue weighted by molar-refractivity contribution is -0.141. The first-order valence-electron chi connectivity index (χ1n) is 3.13. The number of nitrogens with zero attached hydrogens (tertiary/aromatic N) is 1. The predicted molar refractivity (Wildman–Crippen MR) is 36.5 cm³/mol. The smallest absolute Gasteiger partial charge is 0.307 e. The number of nitroso groups, excluding NO2 is 1. The van der Waals surface area contributed by atoms with Crippen molar-refractivity contribution < 1.29 is 9.53 Å². The molecule has 58 valence electrons. The van der Waals surface area contributed by atoms with Crippen molar-refractivity contribution in [1.82, 2.24) is 0 Å². The van der Waals surface area contributed by atoms with Gasteiger partial charge in [0.1, 0.15) is 6.04 Å². The second-order valence-corrected chi connectivity index (χ2v) is 1.95. The van der Waals surface area contributed by atoms with Crippen molar-refractivity contribution in [2.24, 2.45) is 5.18 Å². The Morgan fingerprint density at radius 3 is 2.60 bits per heavy atom. The summed E-state index contributed by atoms with van der Waals surface area (Å²) in [6.45, 7) is 1.80. The number of hydrogen-bond donors (Lipinski definition) is 0. The number of esters is 1. The van der Waals surface area contributed by atoms with Crippen LogP contribution in [0.25, 0.3) is 0 Å². The highest BCUT2D eigenvalue weighted by atomic mass is 16.5. The standard InChI is InChI=1S/C6H11NO3/c1-3-5(7-9)4-6(8)10-2/h5H,3-4H2,1-2H3. The van der Waals surface area contributed by atoms with Crippen LogP contribution in [-0.2, 0) is 9.53 Å². The van der Waals surface area contributed by atoms with Crippen LogP contribution in [-0.4, -0.2) is 19.1 Å². The third-order valence-corrected chi connectivity index (χ3v) is 1.25. The molecule has 0 aromatic heterocycles. The van der Waals surface area contributed by atoms with Crippen LogP contribution in [0.2, 0.25) is 0 Å². The highest BCUT2D eigenvalue weighted by molar-refractivity contribution is 5.69. The largest absolute Gasteiger partial charge is 0.469 e. The first kappa shape index (κ1) is 9.07. The molecule has 0 aliphatic carbocycles. The van der Waals surface area contributed by atoms with Crippen LogP contribution >= 0.6 is 0 Å². The normalized spacial score (nSPS) is 12.2. The Labute approximate surface area is 59.5 Å². The van der Waals surface area contributed by atoms with Gasteiger partial charge in [0, 0.05) is 0 Å². The van der Waals surface area contributed by atoms with Crippen molar-refractivity contribution in [3.05, 3.63) is 4.91 Å². The molecule has 0 radical (unpaired) electrons. The minimum atomic E-state index is -0.424. The van der Waals surface area contributed by atoms with E-state index in [1.165, 1.54) is 7.11 Å². The van der Waals surface area contributed by atoms with E-state index in [0.717, 1.165) is 0 Å². The second kappa shape index (κ2) is 4.90. The molecule has 0 heterocycles. The van der Waals surface area contributed by atoms with Crippen LogP contribution in [0.1, 0.15) is 19.8 Å². The molecule has 0 aliphatic rings. The lowest BCUT2D eigenvalue weighted by Gasteiger charge is -2.01. The highest BCUT2D eigenvalue weighted by Gasteiger charge is 2.11. The first-order valence-corrected chi connectivity index (χ1v) is 3.13. The van der Waals surface area contributed by atoms with Crippen LogP contribution < -0.4 is 0 Å². The Hall–Kier alpha value is -0.930. The number of carbonyl (C=O) groups excluding carboxylic acids is 1. The average Bonchev–Trinajstić information content (AvgIpc) is 1.99. The molecule has 1 atom stereocenters. The minimum Gasteiger partial charge on any atom is -0.469 e. The van der Waals surface area contributed by atoms with Gasteiger partial charge in [0.2, 0.25) is 0 Å². The van der Waals surface area contributed by atoms with Crippen molar-refractivity contribution in [3.63, 3.8) is 0 Å². The molecular formula is C6H11NO3. The molecule has 10 heavy (non-hydrogen) atoms. The van der Waals surface area contributed by atoms with Gasteiger partial charge in [0.15, 0.2) is 0 Å². The highest BCUT2D eigenvalue weighted by Crippen LogP contribution is 2.02. The summed E-state index contributed by atoms with van der Waals surface area (Å²) < 4.78 is 4.35. The van der Waals surface area contributed by atoms with Crippen LogP contribution in [0, 0.1) is 4.91 Å². The Bertz CT molecular complexity index is 124. The van der Waals surface area contributed by atoms with Gasteiger partial charge in [-0.3, -0.25) is 4.79 Å². The maximum absolute atomic E-state index is 10.5. The fourth-order valence-electron chi connectivity index (χ4n) is 0.532. The summed E-state index contributed by atoms with van der Waals surface area (Å²) in [4.78, 5) is 20.4. The third kappa shape index (κ3) is 3.17. The molecule has 1 unspecified atom stereocenters. The number of hydrogen-bond acceptors (Lipinski definition) is 4.